The number of aromatic nitrogens is 1. The van der Waals surface area contributed by atoms with Crippen molar-refractivity contribution in [1.82, 2.24) is 4.98 Å². The van der Waals surface area contributed by atoms with E-state index < -0.39 is 0 Å². The monoisotopic (exact) mass is 563 g/mol. The molecule has 0 radical (unpaired) electrons. The Balaban J connectivity index is 1.25. The Kier molecular flexibility index (Phi) is 5.44. The number of pyridine rings is 1. The number of thiophene rings is 1. The summed E-state index contributed by atoms with van der Waals surface area (Å²) in [6.45, 7) is 0. The minimum Gasteiger partial charge on any atom is -0.256 e. The maximum atomic E-state index is 5.12. The summed E-state index contributed by atoms with van der Waals surface area (Å²) in [6, 6.07) is 52.6. The van der Waals surface area contributed by atoms with Gasteiger partial charge in [0.1, 0.15) is 0 Å². The normalized spacial score (nSPS) is 11.7. The zero-order valence-electron chi connectivity index (χ0n) is 23.3. The van der Waals surface area contributed by atoms with Gasteiger partial charge in [-0.25, -0.2) is 0 Å². The lowest BCUT2D eigenvalue weighted by Crippen LogP contribution is -1.92. The van der Waals surface area contributed by atoms with Crippen LogP contribution >= 0.6 is 11.3 Å². The van der Waals surface area contributed by atoms with Crippen molar-refractivity contribution in [2.75, 3.05) is 0 Å². The van der Waals surface area contributed by atoms with Crippen LogP contribution in [-0.4, -0.2) is 4.98 Å². The fraction of sp³-hybridized carbons (Fsp3) is 0. The molecule has 0 amide bonds. The van der Waals surface area contributed by atoms with E-state index in [4.69, 9.17) is 4.98 Å². The standard InChI is InChI=1S/C41H25NS/c1-2-12-27(13-3-1)38-30-15-6-8-17-32(30)39(33-18-9-7-16-31(33)38)28-22-24-36(42-25-28)34-19-10-20-37-40(34)35-23-21-26-11-4-5-14-29(26)41(35)43-37/h1-25H. The second-order valence-electron chi connectivity index (χ2n) is 11.1. The third-order valence-electron chi connectivity index (χ3n) is 8.71. The maximum Gasteiger partial charge on any atom is 0.0709 e. The van der Waals surface area contributed by atoms with Crippen LogP contribution in [0.4, 0.5) is 0 Å². The highest BCUT2D eigenvalue weighted by atomic mass is 32.1. The maximum absolute atomic E-state index is 5.12. The summed E-state index contributed by atoms with van der Waals surface area (Å²) in [5, 5.41) is 10.2. The fourth-order valence-corrected chi connectivity index (χ4v) is 8.09. The van der Waals surface area contributed by atoms with Crippen LogP contribution in [0.3, 0.4) is 0 Å². The molecule has 0 N–H and O–H groups in total. The molecule has 0 atom stereocenters. The van der Waals surface area contributed by atoms with Crippen LogP contribution in [-0.2, 0) is 0 Å². The Morgan fingerprint density at radius 1 is 0.419 bits per heavy atom. The highest BCUT2D eigenvalue weighted by Gasteiger charge is 2.18. The van der Waals surface area contributed by atoms with Crippen molar-refractivity contribution < 1.29 is 0 Å². The zero-order chi connectivity index (χ0) is 28.3. The molecule has 0 spiro atoms. The second kappa shape index (κ2) is 9.62. The summed E-state index contributed by atoms with van der Waals surface area (Å²) < 4.78 is 2.64. The number of rotatable bonds is 3. The van der Waals surface area contributed by atoms with Crippen LogP contribution in [0.1, 0.15) is 0 Å². The van der Waals surface area contributed by atoms with Crippen LogP contribution in [0.15, 0.2) is 152 Å². The number of hydrogen-bond acceptors (Lipinski definition) is 2. The van der Waals surface area contributed by atoms with E-state index in [1.807, 2.05) is 11.3 Å². The lowest BCUT2D eigenvalue weighted by Gasteiger charge is -2.17. The van der Waals surface area contributed by atoms with Crippen molar-refractivity contribution in [2.45, 2.75) is 0 Å². The predicted octanol–water partition coefficient (Wildman–Crippen LogP) is 11.9. The van der Waals surface area contributed by atoms with Crippen molar-refractivity contribution in [3.8, 4) is 33.5 Å². The van der Waals surface area contributed by atoms with Crippen LogP contribution in [0.25, 0.3) is 86.0 Å². The van der Waals surface area contributed by atoms with Crippen molar-refractivity contribution in [3.05, 3.63) is 152 Å². The van der Waals surface area contributed by atoms with Gasteiger partial charge in [0.2, 0.25) is 0 Å². The van der Waals surface area contributed by atoms with Gasteiger partial charge in [-0.05, 0) is 61.1 Å². The van der Waals surface area contributed by atoms with E-state index >= 15 is 0 Å². The molecule has 0 fully saturated rings. The van der Waals surface area contributed by atoms with Gasteiger partial charge in [-0.2, -0.15) is 0 Å². The molecule has 1 nitrogen and oxygen atoms in total. The Labute approximate surface area is 253 Å². The number of benzene rings is 7. The fourth-order valence-electron chi connectivity index (χ4n) is 6.82. The van der Waals surface area contributed by atoms with Gasteiger partial charge in [0.25, 0.3) is 0 Å². The minimum absolute atomic E-state index is 0.997. The first kappa shape index (κ1) is 24.3. The zero-order valence-corrected chi connectivity index (χ0v) is 24.1. The molecule has 43 heavy (non-hydrogen) atoms. The Morgan fingerprint density at radius 2 is 1.05 bits per heavy atom. The Hall–Kier alpha value is -5.31. The van der Waals surface area contributed by atoms with Crippen molar-refractivity contribution in [2.24, 2.45) is 0 Å². The van der Waals surface area contributed by atoms with E-state index in [2.05, 4.69) is 152 Å². The molecule has 0 saturated carbocycles. The van der Waals surface area contributed by atoms with Crippen LogP contribution < -0.4 is 0 Å². The summed E-state index contributed by atoms with van der Waals surface area (Å²) in [5.41, 5.74) is 7.05. The van der Waals surface area contributed by atoms with E-state index in [0.717, 1.165) is 11.3 Å². The average molecular weight is 564 g/mol. The van der Waals surface area contributed by atoms with E-state index in [-0.39, 0.29) is 0 Å². The van der Waals surface area contributed by atoms with Gasteiger partial charge in [0, 0.05) is 37.5 Å². The van der Waals surface area contributed by atoms with Gasteiger partial charge in [0.05, 0.1) is 5.69 Å². The van der Waals surface area contributed by atoms with Gasteiger partial charge in [-0.1, -0.05) is 133 Å². The molecule has 0 saturated heterocycles. The number of fused-ring (bicyclic) bond motifs is 7. The summed E-state index contributed by atoms with van der Waals surface area (Å²) in [5.74, 6) is 0. The molecule has 2 heterocycles. The van der Waals surface area contributed by atoms with Gasteiger partial charge < -0.3 is 0 Å². The van der Waals surface area contributed by atoms with Gasteiger partial charge in [0.15, 0.2) is 0 Å². The van der Waals surface area contributed by atoms with E-state index in [1.54, 1.807) is 0 Å². The molecular weight excluding hydrogens is 539 g/mol. The largest absolute Gasteiger partial charge is 0.256 e. The lowest BCUT2D eigenvalue weighted by molar-refractivity contribution is 1.34. The molecule has 0 aliphatic carbocycles. The molecule has 9 rings (SSSR count). The first-order valence-corrected chi connectivity index (χ1v) is 15.5. The third-order valence-corrected chi connectivity index (χ3v) is 9.91. The summed E-state index contributed by atoms with van der Waals surface area (Å²) >= 11 is 1.87. The predicted molar refractivity (Wildman–Crippen MR) is 186 cm³/mol. The van der Waals surface area contributed by atoms with Gasteiger partial charge >= 0.3 is 0 Å². The molecule has 2 heteroatoms. The topological polar surface area (TPSA) is 12.9 Å². The van der Waals surface area contributed by atoms with Gasteiger partial charge in [-0.15, -0.1) is 11.3 Å². The molecule has 200 valence electrons. The first-order valence-electron chi connectivity index (χ1n) is 14.6. The van der Waals surface area contributed by atoms with Crippen LogP contribution in [0, 0.1) is 0 Å². The second-order valence-corrected chi connectivity index (χ2v) is 12.1. The molecule has 0 unspecified atom stereocenters. The van der Waals surface area contributed by atoms with Crippen LogP contribution in [0.2, 0.25) is 0 Å². The van der Waals surface area contributed by atoms with Gasteiger partial charge in [-0.3, -0.25) is 4.98 Å². The van der Waals surface area contributed by atoms with E-state index in [0.29, 0.717) is 0 Å². The number of nitrogens with zero attached hydrogens (tertiary/aromatic N) is 1. The Morgan fingerprint density at radius 3 is 1.72 bits per heavy atom. The summed E-state index contributed by atoms with van der Waals surface area (Å²) in [4.78, 5) is 5.12. The highest BCUT2D eigenvalue weighted by Crippen LogP contribution is 2.45. The summed E-state index contributed by atoms with van der Waals surface area (Å²) in [7, 11) is 0. The lowest BCUT2D eigenvalue weighted by atomic mass is 9.86. The average Bonchev–Trinajstić information content (AvgIpc) is 3.47. The molecule has 7 aromatic carbocycles. The van der Waals surface area contributed by atoms with Crippen molar-refractivity contribution in [3.63, 3.8) is 0 Å². The quantitative estimate of drug-likeness (QED) is 0.195. The first-order chi connectivity index (χ1) is 21.3. The molecule has 0 aliphatic heterocycles. The molecular formula is C41H25NS. The minimum atomic E-state index is 0.997. The highest BCUT2D eigenvalue weighted by molar-refractivity contribution is 7.26. The van der Waals surface area contributed by atoms with Crippen molar-refractivity contribution in [1.29, 1.82) is 0 Å². The SMILES string of the molecule is c1ccc(-c2c3ccccc3c(-c3ccc(-c4cccc5sc6c7ccccc7ccc6c45)nc3)c3ccccc23)cc1. The van der Waals surface area contributed by atoms with Crippen LogP contribution in [0.5, 0.6) is 0 Å². The molecule has 2 aromatic heterocycles. The van der Waals surface area contributed by atoms with E-state index in [9.17, 15) is 0 Å². The molecule has 9 aromatic rings. The number of hydrogen-bond donors (Lipinski definition) is 0. The van der Waals surface area contributed by atoms with Crippen molar-refractivity contribution >= 4 is 63.8 Å². The smallest absolute Gasteiger partial charge is 0.0709 e. The third kappa shape index (κ3) is 3.74. The van der Waals surface area contributed by atoms with E-state index in [1.165, 1.54) is 74.7 Å². The summed E-state index contributed by atoms with van der Waals surface area (Å²) in [6.07, 6.45) is 2.06. The Bertz CT molecular complexity index is 2430. The molecule has 0 bridgehead atoms. The molecule has 0 aliphatic rings.